The predicted molar refractivity (Wildman–Crippen MR) is 131 cm³/mol. The average molecular weight is 495 g/mol. The molecule has 1 aliphatic carbocycles. The van der Waals surface area contributed by atoms with Gasteiger partial charge < -0.3 is 19.3 Å². The summed E-state index contributed by atoms with van der Waals surface area (Å²) in [4.78, 5) is 31.6. The highest BCUT2D eigenvalue weighted by Crippen LogP contribution is 2.35. The van der Waals surface area contributed by atoms with Crippen molar-refractivity contribution < 1.29 is 23.5 Å². The Labute approximate surface area is 207 Å². The minimum absolute atomic E-state index is 0.00359. The lowest BCUT2D eigenvalue weighted by Crippen LogP contribution is -2.48. The number of para-hydroxylation sites is 1. The van der Waals surface area contributed by atoms with E-state index >= 15 is 0 Å². The van der Waals surface area contributed by atoms with Crippen molar-refractivity contribution in [2.24, 2.45) is 0 Å². The minimum atomic E-state index is -0.435. The van der Waals surface area contributed by atoms with Crippen molar-refractivity contribution in [2.75, 3.05) is 26.8 Å². The number of fused-ring (bicyclic) bond motifs is 1. The van der Waals surface area contributed by atoms with E-state index in [2.05, 4.69) is 0 Å². The van der Waals surface area contributed by atoms with E-state index in [1.807, 2.05) is 11.4 Å². The number of hydrogen-bond acceptors (Lipinski definition) is 5. The number of amides is 2. The quantitative estimate of drug-likeness (QED) is 0.455. The number of halogens is 1. The monoisotopic (exact) mass is 494 g/mol. The van der Waals surface area contributed by atoms with Crippen molar-refractivity contribution in [1.82, 2.24) is 9.80 Å². The molecule has 1 aliphatic heterocycles. The molecule has 2 aromatic carbocycles. The lowest BCUT2D eigenvalue weighted by molar-refractivity contribution is -0.135. The second-order valence-corrected chi connectivity index (χ2v) is 9.79. The fourth-order valence-corrected chi connectivity index (χ4v) is 5.44. The van der Waals surface area contributed by atoms with Crippen LogP contribution >= 0.6 is 11.3 Å². The molecule has 5 rings (SSSR count). The number of carbonyl (C=O) groups excluding carboxylic acids is 2. The maximum absolute atomic E-state index is 14.2. The van der Waals surface area contributed by atoms with Crippen LogP contribution in [0.3, 0.4) is 0 Å². The SMILES string of the molecule is COc1cccc(C(=O)N(CC(=O)N2CCc3sccc3[C@H]2COc2ccccc2F)C2CC2)c1. The van der Waals surface area contributed by atoms with Gasteiger partial charge >= 0.3 is 0 Å². The van der Waals surface area contributed by atoms with Crippen molar-refractivity contribution in [2.45, 2.75) is 31.3 Å². The summed E-state index contributed by atoms with van der Waals surface area (Å²) in [7, 11) is 1.56. The maximum Gasteiger partial charge on any atom is 0.254 e. The van der Waals surface area contributed by atoms with Gasteiger partial charge in [0.2, 0.25) is 5.91 Å². The zero-order chi connectivity index (χ0) is 24.4. The Morgan fingerprint density at radius 3 is 2.74 bits per heavy atom. The highest BCUT2D eigenvalue weighted by molar-refractivity contribution is 7.10. The molecule has 2 amide bonds. The summed E-state index contributed by atoms with van der Waals surface area (Å²) in [5.74, 6) is 0.0224. The largest absolute Gasteiger partial charge is 0.497 e. The molecule has 1 atom stereocenters. The third kappa shape index (κ3) is 5.03. The minimum Gasteiger partial charge on any atom is -0.497 e. The molecule has 0 spiro atoms. The van der Waals surface area contributed by atoms with Crippen LogP contribution in [0, 0.1) is 5.82 Å². The molecule has 0 unspecified atom stereocenters. The van der Waals surface area contributed by atoms with Gasteiger partial charge in [0.25, 0.3) is 5.91 Å². The Balaban J connectivity index is 1.35. The molecule has 182 valence electrons. The molecule has 3 aromatic rings. The first-order chi connectivity index (χ1) is 17.0. The molecule has 0 bridgehead atoms. The number of hydrogen-bond donors (Lipinski definition) is 0. The second kappa shape index (κ2) is 10.1. The Morgan fingerprint density at radius 1 is 1.14 bits per heavy atom. The molecule has 8 heteroatoms. The standard InChI is InChI=1S/C27H27FN2O4S/c1-33-20-6-4-5-18(15-20)27(32)30(19-9-10-19)16-26(31)29-13-11-25-21(12-14-35-25)23(29)17-34-24-8-3-2-7-22(24)28/h2-8,12,14-15,19,23H,9-11,13,16-17H2,1H3/t23-/m1/s1. The molecule has 1 aromatic heterocycles. The number of ether oxygens (including phenoxy) is 2. The second-order valence-electron chi connectivity index (χ2n) is 8.79. The summed E-state index contributed by atoms with van der Waals surface area (Å²) in [6.07, 6.45) is 2.52. The Bertz CT molecular complexity index is 1230. The smallest absolute Gasteiger partial charge is 0.254 e. The van der Waals surface area contributed by atoms with Crippen LogP contribution in [-0.4, -0.2) is 54.5 Å². The van der Waals surface area contributed by atoms with Crippen LogP contribution in [0.5, 0.6) is 11.5 Å². The molecule has 35 heavy (non-hydrogen) atoms. The van der Waals surface area contributed by atoms with E-state index in [1.165, 1.54) is 10.9 Å². The van der Waals surface area contributed by atoms with Gasteiger partial charge in [0.15, 0.2) is 11.6 Å². The summed E-state index contributed by atoms with van der Waals surface area (Å²) in [6.45, 7) is 0.670. The van der Waals surface area contributed by atoms with Crippen molar-refractivity contribution in [3.05, 3.63) is 81.8 Å². The van der Waals surface area contributed by atoms with Crippen LogP contribution in [-0.2, 0) is 11.2 Å². The molecule has 0 saturated heterocycles. The first-order valence-electron chi connectivity index (χ1n) is 11.7. The molecule has 0 N–H and O–H groups in total. The topological polar surface area (TPSA) is 59.1 Å². The number of methoxy groups -OCH3 is 1. The van der Waals surface area contributed by atoms with Crippen LogP contribution in [0.2, 0.25) is 0 Å². The number of rotatable bonds is 8. The van der Waals surface area contributed by atoms with Gasteiger partial charge in [-0.2, -0.15) is 0 Å². The van der Waals surface area contributed by atoms with E-state index in [0.717, 1.165) is 24.8 Å². The van der Waals surface area contributed by atoms with Gasteiger partial charge in [-0.05, 0) is 66.6 Å². The van der Waals surface area contributed by atoms with Crippen molar-refractivity contribution >= 4 is 23.2 Å². The third-order valence-electron chi connectivity index (χ3n) is 6.52. The van der Waals surface area contributed by atoms with Crippen LogP contribution in [0.1, 0.15) is 39.7 Å². The van der Waals surface area contributed by atoms with Gasteiger partial charge in [-0.3, -0.25) is 9.59 Å². The van der Waals surface area contributed by atoms with E-state index in [1.54, 1.807) is 70.7 Å². The molecule has 1 fully saturated rings. The zero-order valence-corrected chi connectivity index (χ0v) is 20.3. The van der Waals surface area contributed by atoms with Crippen molar-refractivity contribution in [3.63, 3.8) is 0 Å². The fraction of sp³-hybridized carbons (Fsp3) is 0.333. The number of thiophene rings is 1. The van der Waals surface area contributed by atoms with Crippen LogP contribution in [0.25, 0.3) is 0 Å². The Kier molecular flexibility index (Phi) is 6.72. The van der Waals surface area contributed by atoms with Crippen LogP contribution in [0.4, 0.5) is 4.39 Å². The summed E-state index contributed by atoms with van der Waals surface area (Å²) >= 11 is 1.66. The zero-order valence-electron chi connectivity index (χ0n) is 19.5. The number of benzene rings is 2. The van der Waals surface area contributed by atoms with Gasteiger partial charge in [0, 0.05) is 23.0 Å². The normalized spacial score (nSPS) is 17.0. The highest BCUT2D eigenvalue weighted by atomic mass is 32.1. The van der Waals surface area contributed by atoms with E-state index < -0.39 is 5.82 Å². The fourth-order valence-electron chi connectivity index (χ4n) is 4.52. The van der Waals surface area contributed by atoms with Gasteiger partial charge in [0.1, 0.15) is 18.9 Å². The van der Waals surface area contributed by atoms with Crippen LogP contribution < -0.4 is 9.47 Å². The molecule has 1 saturated carbocycles. The number of carbonyl (C=O) groups is 2. The highest BCUT2D eigenvalue weighted by Gasteiger charge is 2.38. The lowest BCUT2D eigenvalue weighted by Gasteiger charge is -2.37. The van der Waals surface area contributed by atoms with Gasteiger partial charge in [-0.15, -0.1) is 11.3 Å². The summed E-state index contributed by atoms with van der Waals surface area (Å²) < 4.78 is 25.2. The first kappa shape index (κ1) is 23.4. The van der Waals surface area contributed by atoms with Crippen LogP contribution in [0.15, 0.2) is 60.0 Å². The van der Waals surface area contributed by atoms with Crippen molar-refractivity contribution in [1.29, 1.82) is 0 Å². The first-order valence-corrected chi connectivity index (χ1v) is 12.6. The van der Waals surface area contributed by atoms with E-state index in [9.17, 15) is 14.0 Å². The molecular weight excluding hydrogens is 467 g/mol. The average Bonchev–Trinajstić information content (AvgIpc) is 3.61. The van der Waals surface area contributed by atoms with Gasteiger partial charge in [0.05, 0.1) is 13.2 Å². The third-order valence-corrected chi connectivity index (χ3v) is 7.52. The summed E-state index contributed by atoms with van der Waals surface area (Å²) in [5.41, 5.74) is 1.53. The summed E-state index contributed by atoms with van der Waals surface area (Å²) in [6, 6.07) is 15.0. The van der Waals surface area contributed by atoms with E-state index in [4.69, 9.17) is 9.47 Å². The molecule has 0 radical (unpaired) electrons. The van der Waals surface area contributed by atoms with Crippen molar-refractivity contribution in [3.8, 4) is 11.5 Å². The van der Waals surface area contributed by atoms with E-state index in [0.29, 0.717) is 17.9 Å². The Morgan fingerprint density at radius 2 is 1.97 bits per heavy atom. The lowest BCUT2D eigenvalue weighted by atomic mass is 10.0. The molecular formula is C27H27FN2O4S. The van der Waals surface area contributed by atoms with Gasteiger partial charge in [-0.25, -0.2) is 4.39 Å². The van der Waals surface area contributed by atoms with Gasteiger partial charge in [-0.1, -0.05) is 18.2 Å². The molecule has 6 nitrogen and oxygen atoms in total. The number of nitrogens with zero attached hydrogens (tertiary/aromatic N) is 2. The Hall–Kier alpha value is -3.39. The molecule has 2 aliphatic rings. The van der Waals surface area contributed by atoms with E-state index in [-0.39, 0.29) is 42.8 Å². The summed E-state index contributed by atoms with van der Waals surface area (Å²) in [5, 5.41) is 2.01. The predicted octanol–water partition coefficient (Wildman–Crippen LogP) is 4.71. The molecule has 2 heterocycles. The maximum atomic E-state index is 14.2.